The first-order valence-corrected chi connectivity index (χ1v) is 10.1. The lowest BCUT2D eigenvalue weighted by Gasteiger charge is -2.23. The van der Waals surface area contributed by atoms with Gasteiger partial charge in [0.15, 0.2) is 17.0 Å². The van der Waals surface area contributed by atoms with Gasteiger partial charge in [0.2, 0.25) is 0 Å². The Labute approximate surface area is 176 Å². The van der Waals surface area contributed by atoms with Gasteiger partial charge in [-0.2, -0.15) is 18.3 Å². The molecule has 0 aliphatic carbocycles. The van der Waals surface area contributed by atoms with Gasteiger partial charge in [0.25, 0.3) is 5.91 Å². The van der Waals surface area contributed by atoms with E-state index >= 15 is 0 Å². The second-order valence-corrected chi connectivity index (χ2v) is 7.41. The molecule has 31 heavy (non-hydrogen) atoms. The SMILES string of the molecule is O=C(NCCC[NH+]1CCOCC1)c1cc2nc(-c3ccccc3)cc(C(F)(F)F)n2n1. The Morgan fingerprint density at radius 3 is 2.61 bits per heavy atom. The summed E-state index contributed by atoms with van der Waals surface area (Å²) in [5.41, 5.74) is -0.390. The van der Waals surface area contributed by atoms with Crippen LogP contribution in [0.1, 0.15) is 22.6 Å². The number of fused-ring (bicyclic) bond motifs is 1. The number of amides is 1. The van der Waals surface area contributed by atoms with E-state index in [2.05, 4.69) is 15.4 Å². The van der Waals surface area contributed by atoms with Crippen molar-refractivity contribution < 1.29 is 27.6 Å². The predicted molar refractivity (Wildman–Crippen MR) is 107 cm³/mol. The monoisotopic (exact) mass is 434 g/mol. The van der Waals surface area contributed by atoms with Gasteiger partial charge in [-0.1, -0.05) is 30.3 Å². The number of alkyl halides is 3. The number of carbonyl (C=O) groups is 1. The van der Waals surface area contributed by atoms with Crippen molar-refractivity contribution in [1.82, 2.24) is 19.9 Å². The van der Waals surface area contributed by atoms with Crippen LogP contribution in [0.15, 0.2) is 42.5 Å². The molecule has 0 unspecified atom stereocenters. The van der Waals surface area contributed by atoms with E-state index in [1.165, 1.54) is 11.0 Å². The van der Waals surface area contributed by atoms with Crippen molar-refractivity contribution in [1.29, 1.82) is 0 Å². The van der Waals surface area contributed by atoms with Gasteiger partial charge in [-0.15, -0.1) is 0 Å². The second-order valence-electron chi connectivity index (χ2n) is 7.41. The first-order valence-electron chi connectivity index (χ1n) is 10.1. The minimum Gasteiger partial charge on any atom is -0.370 e. The summed E-state index contributed by atoms with van der Waals surface area (Å²) in [4.78, 5) is 18.2. The molecule has 164 valence electrons. The molecule has 1 aromatic carbocycles. The van der Waals surface area contributed by atoms with Gasteiger partial charge < -0.3 is 15.0 Å². The van der Waals surface area contributed by atoms with Crippen LogP contribution in [0.2, 0.25) is 0 Å². The standard InChI is InChI=1S/C21H22F3N5O2/c22-21(23,24)18-13-16(15-5-2-1-3-6-15)26-19-14-17(27-29(18)19)20(30)25-7-4-8-28-9-11-31-12-10-28/h1-3,5-6,13-14H,4,7-12H2,(H,25,30)/p+1. The number of aromatic nitrogens is 3. The zero-order valence-electron chi connectivity index (χ0n) is 16.8. The number of ether oxygens (including phenoxy) is 1. The smallest absolute Gasteiger partial charge is 0.370 e. The van der Waals surface area contributed by atoms with Crippen LogP contribution in [0, 0.1) is 0 Å². The van der Waals surface area contributed by atoms with Crippen LogP contribution in [0.5, 0.6) is 0 Å². The van der Waals surface area contributed by atoms with E-state index in [9.17, 15) is 18.0 Å². The zero-order valence-corrected chi connectivity index (χ0v) is 16.8. The van der Waals surface area contributed by atoms with Gasteiger partial charge in [-0.25, -0.2) is 9.50 Å². The Kier molecular flexibility index (Phi) is 6.19. The lowest BCUT2D eigenvalue weighted by atomic mass is 10.1. The summed E-state index contributed by atoms with van der Waals surface area (Å²) in [6.45, 7) is 4.68. The number of nitrogens with one attached hydrogen (secondary N) is 2. The molecule has 10 heteroatoms. The number of hydrogen-bond acceptors (Lipinski definition) is 4. The Bertz CT molecular complexity index is 1050. The molecule has 1 amide bonds. The van der Waals surface area contributed by atoms with Gasteiger partial charge in [-0.3, -0.25) is 4.79 Å². The van der Waals surface area contributed by atoms with Crippen LogP contribution in [0.3, 0.4) is 0 Å². The number of rotatable bonds is 6. The molecule has 0 spiro atoms. The topological polar surface area (TPSA) is 73.0 Å². The quantitative estimate of drug-likeness (QED) is 0.576. The fourth-order valence-corrected chi connectivity index (χ4v) is 3.59. The predicted octanol–water partition coefficient (Wildman–Crippen LogP) is 1.45. The summed E-state index contributed by atoms with van der Waals surface area (Å²) in [5.74, 6) is -0.517. The number of nitrogens with zero attached hydrogens (tertiary/aromatic N) is 3. The number of halogens is 3. The number of quaternary nitrogens is 1. The molecule has 3 aromatic rings. The highest BCUT2D eigenvalue weighted by Crippen LogP contribution is 2.32. The van der Waals surface area contributed by atoms with E-state index < -0.39 is 17.8 Å². The van der Waals surface area contributed by atoms with E-state index in [1.807, 2.05) is 0 Å². The van der Waals surface area contributed by atoms with Crippen molar-refractivity contribution in [3.63, 3.8) is 0 Å². The van der Waals surface area contributed by atoms with Gasteiger partial charge in [-0.05, 0) is 6.07 Å². The molecule has 1 saturated heterocycles. The molecule has 1 aliphatic rings. The molecule has 0 saturated carbocycles. The summed E-state index contributed by atoms with van der Waals surface area (Å²) in [7, 11) is 0. The highest BCUT2D eigenvalue weighted by molar-refractivity contribution is 5.93. The first kappa shape index (κ1) is 21.3. The highest BCUT2D eigenvalue weighted by Gasteiger charge is 2.35. The van der Waals surface area contributed by atoms with Crippen molar-refractivity contribution in [2.24, 2.45) is 0 Å². The third-order valence-electron chi connectivity index (χ3n) is 5.21. The molecular formula is C21H23F3N5O2+. The maximum absolute atomic E-state index is 13.6. The van der Waals surface area contributed by atoms with Crippen molar-refractivity contribution in [3.05, 3.63) is 53.9 Å². The minimum atomic E-state index is -4.65. The average Bonchev–Trinajstić information content (AvgIpc) is 3.21. The second kappa shape index (κ2) is 9.03. The van der Waals surface area contributed by atoms with Crippen molar-refractivity contribution in [3.8, 4) is 11.3 Å². The number of carbonyl (C=O) groups excluding carboxylic acids is 1. The van der Waals surface area contributed by atoms with Crippen LogP contribution < -0.4 is 10.2 Å². The molecule has 1 aliphatic heterocycles. The lowest BCUT2D eigenvalue weighted by molar-refractivity contribution is -0.908. The van der Waals surface area contributed by atoms with Crippen molar-refractivity contribution in [2.45, 2.75) is 12.6 Å². The van der Waals surface area contributed by atoms with Crippen LogP contribution in [-0.2, 0) is 10.9 Å². The van der Waals surface area contributed by atoms with Crippen molar-refractivity contribution >= 4 is 11.6 Å². The Morgan fingerprint density at radius 1 is 1.16 bits per heavy atom. The fourth-order valence-electron chi connectivity index (χ4n) is 3.59. The van der Waals surface area contributed by atoms with Gasteiger partial charge in [0, 0.05) is 24.6 Å². The van der Waals surface area contributed by atoms with Crippen LogP contribution in [0.25, 0.3) is 16.9 Å². The molecule has 7 nitrogen and oxygen atoms in total. The Balaban J connectivity index is 1.51. The molecule has 0 bridgehead atoms. The Hall–Kier alpha value is -2.98. The van der Waals surface area contributed by atoms with Crippen LogP contribution in [0.4, 0.5) is 13.2 Å². The first-order chi connectivity index (χ1) is 14.9. The fraction of sp³-hybridized carbons (Fsp3) is 0.381. The molecule has 3 heterocycles. The number of benzene rings is 1. The van der Waals surface area contributed by atoms with Gasteiger partial charge >= 0.3 is 6.18 Å². The molecule has 2 N–H and O–H groups in total. The van der Waals surface area contributed by atoms with Crippen LogP contribution in [-0.4, -0.2) is 59.9 Å². The van der Waals surface area contributed by atoms with E-state index in [0.29, 0.717) is 16.6 Å². The largest absolute Gasteiger partial charge is 0.433 e. The average molecular weight is 434 g/mol. The van der Waals surface area contributed by atoms with E-state index in [-0.39, 0.29) is 17.0 Å². The van der Waals surface area contributed by atoms with Crippen LogP contribution >= 0.6 is 0 Å². The summed E-state index contributed by atoms with van der Waals surface area (Å²) in [5, 5.41) is 6.62. The molecular weight excluding hydrogens is 411 g/mol. The summed E-state index contributed by atoms with van der Waals surface area (Å²) < 4.78 is 46.9. The third kappa shape index (κ3) is 5.02. The van der Waals surface area contributed by atoms with Gasteiger partial charge in [0.05, 0.1) is 25.5 Å². The van der Waals surface area contributed by atoms with Gasteiger partial charge in [0.1, 0.15) is 13.1 Å². The summed E-state index contributed by atoms with van der Waals surface area (Å²) in [6, 6.07) is 10.8. The molecule has 4 rings (SSSR count). The Morgan fingerprint density at radius 2 is 1.90 bits per heavy atom. The van der Waals surface area contributed by atoms with Crippen molar-refractivity contribution in [2.75, 3.05) is 39.4 Å². The lowest BCUT2D eigenvalue weighted by Crippen LogP contribution is -3.14. The maximum atomic E-state index is 13.6. The summed E-state index contributed by atoms with van der Waals surface area (Å²) in [6.07, 6.45) is -3.88. The molecule has 0 atom stereocenters. The number of hydrogen-bond donors (Lipinski definition) is 2. The third-order valence-corrected chi connectivity index (χ3v) is 5.21. The maximum Gasteiger partial charge on any atom is 0.433 e. The number of morpholine rings is 1. The normalized spacial score (nSPS) is 15.3. The molecule has 2 aromatic heterocycles. The van der Waals surface area contributed by atoms with E-state index in [4.69, 9.17) is 4.74 Å². The zero-order chi connectivity index (χ0) is 21.8. The highest BCUT2D eigenvalue weighted by atomic mass is 19.4. The van der Waals surface area contributed by atoms with E-state index in [1.54, 1.807) is 30.3 Å². The minimum absolute atomic E-state index is 0.0309. The summed E-state index contributed by atoms with van der Waals surface area (Å²) >= 11 is 0. The molecule has 1 fully saturated rings. The molecule has 0 radical (unpaired) electrons. The van der Waals surface area contributed by atoms with E-state index in [0.717, 1.165) is 45.3 Å².